The minimum atomic E-state index is -2.13. The Labute approximate surface area is 327 Å². The molecule has 4 aromatic heterocycles. The molecular weight excluding hydrogens is 773 g/mol. The second-order valence-corrected chi connectivity index (χ2v) is 16.3. The molecule has 1 fully saturated rings. The highest BCUT2D eigenvalue weighted by Crippen LogP contribution is 2.34. The molecule has 1 saturated heterocycles. The predicted molar refractivity (Wildman–Crippen MR) is 207 cm³/mol. The summed E-state index contributed by atoms with van der Waals surface area (Å²) in [5.74, 6) is -0.608. The molecule has 2 aliphatic rings. The quantitative estimate of drug-likeness (QED) is 0.190. The molecule has 16 heteroatoms. The second-order valence-electron chi connectivity index (χ2n) is 15.5. The summed E-state index contributed by atoms with van der Waals surface area (Å²) >= 11 is 3.37. The fourth-order valence-corrected chi connectivity index (χ4v) is 7.46. The number of likely N-dealkylation sites (tertiary alicyclic amines) is 1. The largest absolute Gasteiger partial charge is 0.377 e. The molecule has 2 N–H and O–H groups in total. The number of ketones is 1. The fourth-order valence-electron chi connectivity index (χ4n) is 7.15. The standard InChI is InChI=1S/C39H47BrFN9O5/c1-23-8-6-12-38(4,5)37(54)45-21-39(41)15-30(36(53)47-35-26(10-11-32(40)46-35)20-55-13-7-9-23)49(22-39)33(52)19-50-31-18-44-29(27-16-42-25(3)43-17-27)14-28(31)34(48-50)24(2)51/h10-11,14,16-18,23,30H,6-9,12-13,15,19-22H2,1-5H3,(H,45,54)(H,46,47,53)/t23?,30-,39-/m0/s1. The number of fused-ring (bicyclic) bond motifs is 4. The number of nitrogens with one attached hydrogen (secondary N) is 2. The molecule has 4 aromatic rings. The van der Waals surface area contributed by atoms with Crippen molar-refractivity contribution in [1.82, 2.24) is 39.9 Å². The Kier molecular flexibility index (Phi) is 12.0. The number of nitrogens with zero attached hydrogens (tertiary/aromatic N) is 7. The maximum absolute atomic E-state index is 16.9. The fraction of sp³-hybridized carbons (Fsp3) is 0.513. The highest BCUT2D eigenvalue weighted by Gasteiger charge is 2.50. The number of carbonyl (C=O) groups excluding carboxylic acids is 4. The number of aromatic nitrogens is 6. The Bertz CT molecular complexity index is 2090. The van der Waals surface area contributed by atoms with Gasteiger partial charge in [0.25, 0.3) is 0 Å². The zero-order valence-corrected chi connectivity index (χ0v) is 33.4. The van der Waals surface area contributed by atoms with Crippen molar-refractivity contribution in [2.24, 2.45) is 11.3 Å². The number of pyridine rings is 2. The van der Waals surface area contributed by atoms with Crippen molar-refractivity contribution in [2.75, 3.05) is 25.0 Å². The van der Waals surface area contributed by atoms with E-state index in [1.54, 1.807) is 37.5 Å². The van der Waals surface area contributed by atoms with Crippen LogP contribution in [0.25, 0.3) is 22.2 Å². The lowest BCUT2D eigenvalue weighted by atomic mass is 9.84. The normalized spacial score (nSPS) is 22.8. The Morgan fingerprint density at radius 2 is 1.84 bits per heavy atom. The number of anilines is 1. The number of halogens is 2. The summed E-state index contributed by atoms with van der Waals surface area (Å²) in [5.41, 5.74) is -0.576. The van der Waals surface area contributed by atoms with E-state index in [1.165, 1.54) is 22.7 Å². The molecule has 14 nitrogen and oxygen atoms in total. The van der Waals surface area contributed by atoms with Crippen molar-refractivity contribution < 1.29 is 28.3 Å². The van der Waals surface area contributed by atoms with Crippen LogP contribution >= 0.6 is 15.9 Å². The molecule has 3 amide bonds. The minimum absolute atomic E-state index is 0.126. The van der Waals surface area contributed by atoms with Gasteiger partial charge >= 0.3 is 0 Å². The van der Waals surface area contributed by atoms with Gasteiger partial charge in [0.2, 0.25) is 17.7 Å². The molecule has 55 heavy (non-hydrogen) atoms. The number of alkyl halides is 1. The molecule has 292 valence electrons. The van der Waals surface area contributed by atoms with Crippen molar-refractivity contribution in [1.29, 1.82) is 0 Å². The summed E-state index contributed by atoms with van der Waals surface area (Å²) in [6, 6.07) is 3.96. The minimum Gasteiger partial charge on any atom is -0.377 e. The van der Waals surface area contributed by atoms with Crippen molar-refractivity contribution >= 4 is 56.2 Å². The van der Waals surface area contributed by atoms with E-state index in [4.69, 9.17) is 4.74 Å². The van der Waals surface area contributed by atoms with E-state index in [-0.39, 0.29) is 42.8 Å². The zero-order valence-electron chi connectivity index (χ0n) is 31.8. The van der Waals surface area contributed by atoms with Crippen molar-refractivity contribution in [3.05, 3.63) is 58.5 Å². The Morgan fingerprint density at radius 3 is 2.58 bits per heavy atom. The van der Waals surface area contributed by atoms with Gasteiger partial charge in [-0.25, -0.2) is 19.3 Å². The molecular formula is C39H47BrFN9O5. The van der Waals surface area contributed by atoms with Crippen LogP contribution in [0.2, 0.25) is 0 Å². The highest BCUT2D eigenvalue weighted by atomic mass is 79.9. The smallest absolute Gasteiger partial charge is 0.248 e. The van der Waals surface area contributed by atoms with Crippen LogP contribution < -0.4 is 10.6 Å². The molecule has 6 rings (SSSR count). The summed E-state index contributed by atoms with van der Waals surface area (Å²) in [5, 5.41) is 10.6. The van der Waals surface area contributed by atoms with Crippen LogP contribution in [0.1, 0.15) is 88.1 Å². The predicted octanol–water partition coefficient (Wildman–Crippen LogP) is 5.76. The third-order valence-electron chi connectivity index (χ3n) is 10.5. The van der Waals surface area contributed by atoms with Crippen molar-refractivity contribution in [3.63, 3.8) is 0 Å². The van der Waals surface area contributed by atoms with Crippen LogP contribution in [0, 0.1) is 18.3 Å². The van der Waals surface area contributed by atoms with Crippen LogP contribution in [-0.4, -0.2) is 89.5 Å². The van der Waals surface area contributed by atoms with E-state index in [0.29, 0.717) is 57.1 Å². The maximum Gasteiger partial charge on any atom is 0.248 e. The summed E-state index contributed by atoms with van der Waals surface area (Å²) in [6.07, 6.45) is 8.63. The molecule has 1 unspecified atom stereocenters. The maximum atomic E-state index is 16.9. The van der Waals surface area contributed by atoms with Gasteiger partial charge in [0.15, 0.2) is 5.78 Å². The third-order valence-corrected chi connectivity index (χ3v) is 10.9. The van der Waals surface area contributed by atoms with Crippen LogP contribution in [-0.2, 0) is 32.3 Å². The lowest BCUT2D eigenvalue weighted by Crippen LogP contribution is -2.47. The highest BCUT2D eigenvalue weighted by molar-refractivity contribution is 9.10. The third kappa shape index (κ3) is 9.40. The number of ether oxygens (including phenoxy) is 1. The van der Waals surface area contributed by atoms with Crippen molar-refractivity contribution in [3.8, 4) is 11.3 Å². The SMILES string of the molecule is CC(=O)c1nn(CC(=O)N2C[C@@]3(F)CNC(=O)C(C)(C)CCCC(C)CCCOCc4ccc(Br)nc4NC(=O)[C@@H]2C3)c2cnc(-c3cnc(C)nc3)cc12. The van der Waals surface area contributed by atoms with E-state index in [1.807, 2.05) is 13.8 Å². The zero-order chi connectivity index (χ0) is 39.5. The number of amides is 3. The average molecular weight is 821 g/mol. The molecule has 0 aromatic carbocycles. The van der Waals surface area contributed by atoms with Gasteiger partial charge in [0, 0.05) is 54.3 Å². The molecule has 0 aliphatic carbocycles. The monoisotopic (exact) mass is 819 g/mol. The first-order valence-corrected chi connectivity index (χ1v) is 19.4. The summed E-state index contributed by atoms with van der Waals surface area (Å²) in [7, 11) is 0. The number of hydrogen-bond acceptors (Lipinski definition) is 10. The van der Waals surface area contributed by atoms with Gasteiger partial charge in [0.05, 0.1) is 37.1 Å². The first kappa shape index (κ1) is 40.0. The van der Waals surface area contributed by atoms with E-state index < -0.39 is 42.0 Å². The first-order chi connectivity index (χ1) is 26.1. The molecule has 2 aliphatic heterocycles. The van der Waals surface area contributed by atoms with Gasteiger partial charge in [-0.15, -0.1) is 0 Å². The first-order valence-electron chi connectivity index (χ1n) is 18.6. The number of rotatable bonds is 4. The van der Waals surface area contributed by atoms with E-state index in [9.17, 15) is 19.2 Å². The van der Waals surface area contributed by atoms with Crippen LogP contribution in [0.15, 0.2) is 41.4 Å². The van der Waals surface area contributed by atoms with E-state index >= 15 is 4.39 Å². The van der Waals surface area contributed by atoms with Gasteiger partial charge in [-0.1, -0.05) is 39.7 Å². The molecule has 0 saturated carbocycles. The molecule has 2 bridgehead atoms. The lowest BCUT2D eigenvalue weighted by Gasteiger charge is -2.27. The Morgan fingerprint density at radius 1 is 1.09 bits per heavy atom. The van der Waals surface area contributed by atoms with Crippen LogP contribution in [0.5, 0.6) is 0 Å². The van der Waals surface area contributed by atoms with Gasteiger partial charge in [0.1, 0.15) is 40.2 Å². The van der Waals surface area contributed by atoms with Gasteiger partial charge in [-0.3, -0.25) is 28.8 Å². The lowest BCUT2D eigenvalue weighted by molar-refractivity contribution is -0.137. The Hall–Kier alpha value is -4.70. The number of hydrogen-bond donors (Lipinski definition) is 2. The molecule has 3 atom stereocenters. The van der Waals surface area contributed by atoms with E-state index in [2.05, 4.69) is 58.5 Å². The van der Waals surface area contributed by atoms with Crippen molar-refractivity contribution in [2.45, 2.75) is 98.0 Å². The summed E-state index contributed by atoms with van der Waals surface area (Å²) in [4.78, 5) is 73.1. The summed E-state index contributed by atoms with van der Waals surface area (Å²) in [6.45, 7) is 8.47. The summed E-state index contributed by atoms with van der Waals surface area (Å²) < 4.78 is 24.7. The molecule has 6 heterocycles. The molecule has 0 radical (unpaired) electrons. The number of Topliss-reactive ketones (excluding diaryl/α,β-unsaturated/α-hetero) is 1. The van der Waals surface area contributed by atoms with Gasteiger partial charge < -0.3 is 20.3 Å². The Balaban J connectivity index is 1.30. The molecule has 0 spiro atoms. The second kappa shape index (κ2) is 16.6. The van der Waals surface area contributed by atoms with Crippen LogP contribution in [0.4, 0.5) is 10.2 Å². The topological polar surface area (TPSA) is 174 Å². The van der Waals surface area contributed by atoms with Crippen LogP contribution in [0.3, 0.4) is 0 Å². The average Bonchev–Trinajstić information content (AvgIpc) is 3.69. The van der Waals surface area contributed by atoms with Gasteiger partial charge in [-0.05, 0) is 60.2 Å². The van der Waals surface area contributed by atoms with E-state index in [0.717, 1.165) is 25.7 Å². The van der Waals surface area contributed by atoms with Gasteiger partial charge in [-0.2, -0.15) is 5.10 Å². The number of carbonyl (C=O) groups is 4. The number of aryl methyl sites for hydroxylation is 1.